The summed E-state index contributed by atoms with van der Waals surface area (Å²) in [5.74, 6) is 0.0840. The second-order valence-electron chi connectivity index (χ2n) is 5.98. The van der Waals surface area contributed by atoms with Gasteiger partial charge >= 0.3 is 0 Å². The summed E-state index contributed by atoms with van der Waals surface area (Å²) in [5.41, 5.74) is 7.77. The Balaban J connectivity index is 2.53. The van der Waals surface area contributed by atoms with E-state index in [0.717, 1.165) is 17.7 Å². The Morgan fingerprint density at radius 2 is 1.94 bits per heavy atom. The van der Waals surface area contributed by atoms with Crippen molar-refractivity contribution in [1.82, 2.24) is 5.32 Å². The van der Waals surface area contributed by atoms with E-state index >= 15 is 0 Å². The van der Waals surface area contributed by atoms with Crippen molar-refractivity contribution in [3.63, 3.8) is 0 Å². The van der Waals surface area contributed by atoms with E-state index in [1.807, 2.05) is 31.2 Å². The molecule has 100 valence electrons. The van der Waals surface area contributed by atoms with Gasteiger partial charge in [-0.05, 0) is 30.4 Å². The average molecular weight is 248 g/mol. The Morgan fingerprint density at radius 3 is 2.50 bits per heavy atom. The fourth-order valence-electron chi connectivity index (χ4n) is 1.79. The lowest BCUT2D eigenvalue weighted by molar-refractivity contribution is -0.122. The zero-order valence-electron chi connectivity index (χ0n) is 11.8. The van der Waals surface area contributed by atoms with Crippen LogP contribution in [0.3, 0.4) is 0 Å². The number of anilines is 1. The highest BCUT2D eigenvalue weighted by Crippen LogP contribution is 2.22. The number of rotatable bonds is 4. The Kier molecular flexibility index (Phi) is 4.76. The molecule has 1 amide bonds. The van der Waals surface area contributed by atoms with Crippen molar-refractivity contribution in [1.29, 1.82) is 0 Å². The van der Waals surface area contributed by atoms with Crippen LogP contribution in [0.2, 0.25) is 0 Å². The monoisotopic (exact) mass is 248 g/mol. The predicted molar refractivity (Wildman–Crippen MR) is 76.1 cm³/mol. The lowest BCUT2D eigenvalue weighted by Gasteiger charge is -2.20. The summed E-state index contributed by atoms with van der Waals surface area (Å²) < 4.78 is 0. The number of nitrogens with two attached hydrogens (primary N) is 1. The van der Waals surface area contributed by atoms with E-state index in [0.29, 0.717) is 6.42 Å². The van der Waals surface area contributed by atoms with Gasteiger partial charge in [0.1, 0.15) is 0 Å². The molecule has 1 unspecified atom stereocenters. The number of carbonyl (C=O) groups is 1. The van der Waals surface area contributed by atoms with Crippen LogP contribution in [0.1, 0.15) is 52.1 Å². The van der Waals surface area contributed by atoms with Gasteiger partial charge in [0.05, 0.1) is 6.04 Å². The normalized spacial score (nSPS) is 13.1. The molecule has 1 aromatic carbocycles. The van der Waals surface area contributed by atoms with Crippen LogP contribution in [0.15, 0.2) is 24.3 Å². The molecule has 1 aromatic rings. The highest BCUT2D eigenvalue weighted by atomic mass is 16.1. The molecule has 0 aliphatic heterocycles. The topological polar surface area (TPSA) is 55.1 Å². The third-order valence-electron chi connectivity index (χ3n) is 2.94. The van der Waals surface area contributed by atoms with Gasteiger partial charge in [0.15, 0.2) is 0 Å². The van der Waals surface area contributed by atoms with Gasteiger partial charge in [0.2, 0.25) is 5.91 Å². The smallest absolute Gasteiger partial charge is 0.220 e. The maximum Gasteiger partial charge on any atom is 0.220 e. The van der Waals surface area contributed by atoms with E-state index in [1.165, 1.54) is 0 Å². The number of hydrogen-bond acceptors (Lipinski definition) is 2. The molecule has 1 atom stereocenters. The van der Waals surface area contributed by atoms with Gasteiger partial charge in [-0.3, -0.25) is 4.79 Å². The molecule has 0 aliphatic rings. The minimum Gasteiger partial charge on any atom is -0.398 e. The third kappa shape index (κ3) is 4.78. The molecule has 0 fully saturated rings. The standard InChI is InChI=1S/C15H24N2O/c1-11(12-7-5-6-8-13(12)16)17-14(18)9-10-15(2,3)4/h5-8,11H,9-10,16H2,1-4H3,(H,17,18). The predicted octanol–water partition coefficient (Wildman–Crippen LogP) is 3.27. The first-order chi connectivity index (χ1) is 8.29. The van der Waals surface area contributed by atoms with Crippen molar-refractivity contribution in [2.24, 2.45) is 5.41 Å². The van der Waals surface area contributed by atoms with Crippen molar-refractivity contribution >= 4 is 11.6 Å². The van der Waals surface area contributed by atoms with Crippen LogP contribution in [0.5, 0.6) is 0 Å². The highest BCUT2D eigenvalue weighted by Gasteiger charge is 2.15. The van der Waals surface area contributed by atoms with Crippen molar-refractivity contribution in [3.8, 4) is 0 Å². The van der Waals surface area contributed by atoms with Crippen LogP contribution < -0.4 is 11.1 Å². The lowest BCUT2D eigenvalue weighted by Crippen LogP contribution is -2.27. The van der Waals surface area contributed by atoms with Crippen LogP contribution >= 0.6 is 0 Å². The minimum atomic E-state index is -0.0429. The molecule has 3 heteroatoms. The van der Waals surface area contributed by atoms with E-state index in [4.69, 9.17) is 5.73 Å². The first kappa shape index (κ1) is 14.6. The summed E-state index contributed by atoms with van der Waals surface area (Å²) in [4.78, 5) is 11.8. The summed E-state index contributed by atoms with van der Waals surface area (Å²) in [6.07, 6.45) is 1.44. The van der Waals surface area contributed by atoms with Gasteiger partial charge in [-0.25, -0.2) is 0 Å². The lowest BCUT2D eigenvalue weighted by atomic mass is 9.90. The van der Waals surface area contributed by atoms with Gasteiger partial charge < -0.3 is 11.1 Å². The van der Waals surface area contributed by atoms with E-state index in [9.17, 15) is 4.79 Å². The molecular formula is C15H24N2O. The van der Waals surface area contributed by atoms with E-state index in [2.05, 4.69) is 26.1 Å². The minimum absolute atomic E-state index is 0.0429. The maximum absolute atomic E-state index is 11.8. The quantitative estimate of drug-likeness (QED) is 0.803. The van der Waals surface area contributed by atoms with Crippen molar-refractivity contribution < 1.29 is 4.79 Å². The molecule has 3 N–H and O–H groups in total. The van der Waals surface area contributed by atoms with Gasteiger partial charge in [-0.15, -0.1) is 0 Å². The largest absolute Gasteiger partial charge is 0.398 e. The first-order valence-electron chi connectivity index (χ1n) is 6.43. The zero-order chi connectivity index (χ0) is 13.8. The number of benzene rings is 1. The summed E-state index contributed by atoms with van der Waals surface area (Å²) in [5, 5.41) is 2.99. The molecule has 0 radical (unpaired) electrons. The average Bonchev–Trinajstić information content (AvgIpc) is 2.26. The second-order valence-corrected chi connectivity index (χ2v) is 5.98. The fourth-order valence-corrected chi connectivity index (χ4v) is 1.79. The van der Waals surface area contributed by atoms with Crippen molar-refractivity contribution in [2.75, 3.05) is 5.73 Å². The van der Waals surface area contributed by atoms with E-state index in [-0.39, 0.29) is 17.4 Å². The van der Waals surface area contributed by atoms with Gasteiger partial charge in [0.25, 0.3) is 0 Å². The first-order valence-corrected chi connectivity index (χ1v) is 6.43. The van der Waals surface area contributed by atoms with Gasteiger partial charge in [-0.1, -0.05) is 39.0 Å². The maximum atomic E-state index is 11.8. The van der Waals surface area contributed by atoms with Crippen LogP contribution in [0, 0.1) is 5.41 Å². The van der Waals surface area contributed by atoms with Crippen LogP contribution in [0.4, 0.5) is 5.69 Å². The number of nitrogen functional groups attached to an aromatic ring is 1. The molecule has 0 saturated carbocycles. The fraction of sp³-hybridized carbons (Fsp3) is 0.533. The van der Waals surface area contributed by atoms with E-state index in [1.54, 1.807) is 0 Å². The molecule has 0 aliphatic carbocycles. The summed E-state index contributed by atoms with van der Waals surface area (Å²) in [7, 11) is 0. The number of carbonyl (C=O) groups excluding carboxylic acids is 1. The number of para-hydroxylation sites is 1. The molecule has 0 saturated heterocycles. The molecule has 0 spiro atoms. The molecule has 3 nitrogen and oxygen atoms in total. The molecule has 0 aromatic heterocycles. The highest BCUT2D eigenvalue weighted by molar-refractivity contribution is 5.76. The second kappa shape index (κ2) is 5.89. The summed E-state index contributed by atoms with van der Waals surface area (Å²) >= 11 is 0. The van der Waals surface area contributed by atoms with Gasteiger partial charge in [0, 0.05) is 12.1 Å². The summed E-state index contributed by atoms with van der Waals surface area (Å²) in [6, 6.07) is 7.59. The van der Waals surface area contributed by atoms with Gasteiger partial charge in [-0.2, -0.15) is 0 Å². The SMILES string of the molecule is CC(NC(=O)CCC(C)(C)C)c1ccccc1N. The molecule has 0 heterocycles. The Bertz CT molecular complexity index is 407. The third-order valence-corrected chi connectivity index (χ3v) is 2.94. The Labute approximate surface area is 110 Å². The molecule has 0 bridgehead atoms. The number of nitrogens with one attached hydrogen (secondary N) is 1. The van der Waals surface area contributed by atoms with Crippen LogP contribution in [-0.2, 0) is 4.79 Å². The van der Waals surface area contributed by atoms with Crippen LogP contribution in [-0.4, -0.2) is 5.91 Å². The molecule has 1 rings (SSSR count). The Hall–Kier alpha value is -1.51. The summed E-state index contributed by atoms with van der Waals surface area (Å²) in [6.45, 7) is 8.37. The van der Waals surface area contributed by atoms with Crippen molar-refractivity contribution in [3.05, 3.63) is 29.8 Å². The molecular weight excluding hydrogens is 224 g/mol. The number of hydrogen-bond donors (Lipinski definition) is 2. The molecule has 18 heavy (non-hydrogen) atoms. The zero-order valence-corrected chi connectivity index (χ0v) is 11.8. The van der Waals surface area contributed by atoms with Crippen molar-refractivity contribution in [2.45, 2.75) is 46.6 Å². The Morgan fingerprint density at radius 1 is 1.33 bits per heavy atom. The van der Waals surface area contributed by atoms with E-state index < -0.39 is 0 Å². The van der Waals surface area contributed by atoms with Crippen LogP contribution in [0.25, 0.3) is 0 Å². The number of amides is 1.